The Labute approximate surface area is 162 Å². The van der Waals surface area contributed by atoms with E-state index in [1.807, 2.05) is 0 Å². The summed E-state index contributed by atoms with van der Waals surface area (Å²) in [7, 11) is 0. The molecule has 5 rings (SSSR count). The van der Waals surface area contributed by atoms with E-state index in [-0.39, 0.29) is 0 Å². The standard InChI is InChI=1S/C21H23N5S/c1-15-7-8-26-18(16(2)22-20(26)13-15)14-24-9-11-25(12-10-24)21-23-17-5-3-4-6-19(17)27-21/h3-8,13H,9-12,14H2,1-2H3. The Bertz CT molecular complexity index is 1070. The summed E-state index contributed by atoms with van der Waals surface area (Å²) in [6.45, 7) is 9.33. The lowest BCUT2D eigenvalue weighted by Crippen LogP contribution is -2.46. The van der Waals surface area contributed by atoms with Crippen LogP contribution in [0.1, 0.15) is 17.0 Å². The predicted molar refractivity (Wildman–Crippen MR) is 112 cm³/mol. The monoisotopic (exact) mass is 377 g/mol. The first kappa shape index (κ1) is 16.7. The highest BCUT2D eigenvalue weighted by Crippen LogP contribution is 2.29. The molecule has 0 bridgehead atoms. The fraction of sp³-hybridized carbons (Fsp3) is 0.333. The van der Waals surface area contributed by atoms with E-state index < -0.39 is 0 Å². The van der Waals surface area contributed by atoms with Crippen LogP contribution in [-0.4, -0.2) is 45.4 Å². The zero-order valence-electron chi connectivity index (χ0n) is 15.7. The smallest absolute Gasteiger partial charge is 0.186 e. The average Bonchev–Trinajstić information content (AvgIpc) is 3.23. The number of thiazole rings is 1. The molecule has 1 saturated heterocycles. The first-order valence-corrected chi connectivity index (χ1v) is 10.3. The molecule has 0 amide bonds. The summed E-state index contributed by atoms with van der Waals surface area (Å²) >= 11 is 1.80. The van der Waals surface area contributed by atoms with E-state index in [9.17, 15) is 0 Å². The number of anilines is 1. The van der Waals surface area contributed by atoms with Crippen molar-refractivity contribution in [3.63, 3.8) is 0 Å². The minimum Gasteiger partial charge on any atom is -0.345 e. The molecule has 6 heteroatoms. The third-order valence-corrected chi connectivity index (χ3v) is 6.48. The summed E-state index contributed by atoms with van der Waals surface area (Å²) in [6.07, 6.45) is 2.15. The maximum Gasteiger partial charge on any atom is 0.186 e. The highest BCUT2D eigenvalue weighted by Gasteiger charge is 2.21. The molecule has 0 radical (unpaired) electrons. The van der Waals surface area contributed by atoms with Crippen LogP contribution in [0.5, 0.6) is 0 Å². The number of piperazine rings is 1. The molecule has 0 N–H and O–H groups in total. The average molecular weight is 378 g/mol. The number of nitrogens with zero attached hydrogens (tertiary/aromatic N) is 5. The molecule has 27 heavy (non-hydrogen) atoms. The Morgan fingerprint density at radius 2 is 1.81 bits per heavy atom. The minimum atomic E-state index is 0.948. The molecule has 0 saturated carbocycles. The van der Waals surface area contributed by atoms with Gasteiger partial charge in [-0.05, 0) is 43.7 Å². The molecular weight excluding hydrogens is 354 g/mol. The third-order valence-electron chi connectivity index (χ3n) is 5.38. The van der Waals surface area contributed by atoms with Crippen molar-refractivity contribution in [2.45, 2.75) is 20.4 Å². The first-order valence-electron chi connectivity index (χ1n) is 9.44. The van der Waals surface area contributed by atoms with E-state index in [4.69, 9.17) is 9.97 Å². The summed E-state index contributed by atoms with van der Waals surface area (Å²) in [5, 5.41) is 1.15. The number of para-hydroxylation sites is 1. The number of benzene rings is 1. The molecule has 4 heterocycles. The van der Waals surface area contributed by atoms with Crippen LogP contribution in [0, 0.1) is 13.8 Å². The van der Waals surface area contributed by atoms with Gasteiger partial charge in [0.2, 0.25) is 0 Å². The van der Waals surface area contributed by atoms with Gasteiger partial charge >= 0.3 is 0 Å². The molecule has 0 spiro atoms. The van der Waals surface area contributed by atoms with Gasteiger partial charge in [0.15, 0.2) is 5.13 Å². The van der Waals surface area contributed by atoms with E-state index in [2.05, 4.69) is 70.6 Å². The van der Waals surface area contributed by atoms with Crippen LogP contribution >= 0.6 is 11.3 Å². The van der Waals surface area contributed by atoms with E-state index in [1.54, 1.807) is 11.3 Å². The summed E-state index contributed by atoms with van der Waals surface area (Å²) in [6, 6.07) is 12.7. The lowest BCUT2D eigenvalue weighted by atomic mass is 10.2. The SMILES string of the molecule is Cc1ccn2c(CN3CCN(c4nc5ccccc5s4)CC3)c(C)nc2c1. The van der Waals surface area contributed by atoms with Gasteiger partial charge in [-0.2, -0.15) is 0 Å². The summed E-state index contributed by atoms with van der Waals surface area (Å²) in [5.74, 6) is 0. The molecule has 138 valence electrons. The van der Waals surface area contributed by atoms with Crippen molar-refractivity contribution < 1.29 is 0 Å². The Balaban J connectivity index is 1.30. The number of hydrogen-bond donors (Lipinski definition) is 0. The van der Waals surface area contributed by atoms with Gasteiger partial charge in [0.05, 0.1) is 21.6 Å². The van der Waals surface area contributed by atoms with E-state index in [1.165, 1.54) is 16.0 Å². The largest absolute Gasteiger partial charge is 0.345 e. The Kier molecular flexibility index (Phi) is 4.10. The van der Waals surface area contributed by atoms with Crippen molar-refractivity contribution in [2.24, 2.45) is 0 Å². The van der Waals surface area contributed by atoms with Crippen LogP contribution < -0.4 is 4.90 Å². The maximum absolute atomic E-state index is 4.81. The number of fused-ring (bicyclic) bond motifs is 2. The van der Waals surface area contributed by atoms with Crippen molar-refractivity contribution in [2.75, 3.05) is 31.1 Å². The second kappa shape index (κ2) is 6.62. The van der Waals surface area contributed by atoms with Gasteiger partial charge < -0.3 is 9.30 Å². The second-order valence-electron chi connectivity index (χ2n) is 7.30. The highest BCUT2D eigenvalue weighted by atomic mass is 32.1. The third kappa shape index (κ3) is 3.09. The van der Waals surface area contributed by atoms with Gasteiger partial charge in [0, 0.05) is 38.9 Å². The first-order chi connectivity index (χ1) is 13.2. The van der Waals surface area contributed by atoms with Crippen molar-refractivity contribution in [3.05, 3.63) is 59.5 Å². The van der Waals surface area contributed by atoms with Crippen LogP contribution in [0.25, 0.3) is 15.9 Å². The second-order valence-corrected chi connectivity index (χ2v) is 8.31. The van der Waals surface area contributed by atoms with Crippen LogP contribution in [0.4, 0.5) is 5.13 Å². The number of imidazole rings is 1. The zero-order chi connectivity index (χ0) is 18.4. The number of hydrogen-bond acceptors (Lipinski definition) is 5. The van der Waals surface area contributed by atoms with Crippen LogP contribution in [-0.2, 0) is 6.54 Å². The molecule has 1 aliphatic rings. The molecule has 4 aromatic rings. The van der Waals surface area contributed by atoms with Crippen molar-refractivity contribution in [1.29, 1.82) is 0 Å². The minimum absolute atomic E-state index is 0.948. The van der Waals surface area contributed by atoms with Gasteiger partial charge in [-0.25, -0.2) is 9.97 Å². The molecule has 5 nitrogen and oxygen atoms in total. The lowest BCUT2D eigenvalue weighted by Gasteiger charge is -2.34. The van der Waals surface area contributed by atoms with E-state index in [0.29, 0.717) is 0 Å². The molecule has 0 atom stereocenters. The van der Waals surface area contributed by atoms with Crippen molar-refractivity contribution >= 4 is 32.3 Å². The van der Waals surface area contributed by atoms with Crippen LogP contribution in [0.2, 0.25) is 0 Å². The van der Waals surface area contributed by atoms with Crippen molar-refractivity contribution in [3.8, 4) is 0 Å². The number of rotatable bonds is 3. The molecule has 1 fully saturated rings. The fourth-order valence-corrected chi connectivity index (χ4v) is 4.83. The summed E-state index contributed by atoms with van der Waals surface area (Å²) in [4.78, 5) is 14.5. The quantitative estimate of drug-likeness (QED) is 0.543. The number of aromatic nitrogens is 3. The Morgan fingerprint density at radius 1 is 1.00 bits per heavy atom. The normalized spacial score (nSPS) is 15.9. The van der Waals surface area contributed by atoms with Gasteiger partial charge in [-0.3, -0.25) is 4.90 Å². The van der Waals surface area contributed by atoms with Gasteiger partial charge in [-0.15, -0.1) is 0 Å². The zero-order valence-corrected chi connectivity index (χ0v) is 16.5. The molecule has 1 aromatic carbocycles. The predicted octanol–water partition coefficient (Wildman–Crippen LogP) is 3.88. The molecule has 3 aromatic heterocycles. The number of aryl methyl sites for hydroxylation is 2. The van der Waals surface area contributed by atoms with Crippen molar-refractivity contribution in [1.82, 2.24) is 19.3 Å². The molecular formula is C21H23N5S. The molecule has 0 unspecified atom stereocenters. The van der Waals surface area contributed by atoms with E-state index >= 15 is 0 Å². The lowest BCUT2D eigenvalue weighted by molar-refractivity contribution is 0.246. The maximum atomic E-state index is 4.81. The Hall–Kier alpha value is -2.44. The van der Waals surface area contributed by atoms with E-state index in [0.717, 1.165) is 54.7 Å². The topological polar surface area (TPSA) is 36.7 Å². The summed E-state index contributed by atoms with van der Waals surface area (Å²) in [5.41, 5.74) is 5.85. The molecule has 1 aliphatic heterocycles. The van der Waals surface area contributed by atoms with Gasteiger partial charge in [-0.1, -0.05) is 23.5 Å². The Morgan fingerprint density at radius 3 is 2.63 bits per heavy atom. The fourth-order valence-electron chi connectivity index (χ4n) is 3.81. The van der Waals surface area contributed by atoms with Gasteiger partial charge in [0.25, 0.3) is 0 Å². The van der Waals surface area contributed by atoms with Crippen LogP contribution in [0.3, 0.4) is 0 Å². The summed E-state index contributed by atoms with van der Waals surface area (Å²) < 4.78 is 3.51. The van der Waals surface area contributed by atoms with Gasteiger partial charge in [0.1, 0.15) is 5.65 Å². The number of pyridine rings is 1. The highest BCUT2D eigenvalue weighted by molar-refractivity contribution is 7.22. The van der Waals surface area contributed by atoms with Crippen LogP contribution in [0.15, 0.2) is 42.6 Å². The molecule has 0 aliphatic carbocycles.